The molecule has 0 spiro atoms. The van der Waals surface area contributed by atoms with Gasteiger partial charge in [0.1, 0.15) is 5.65 Å². The minimum Gasteiger partial charge on any atom is -0.317 e. The van der Waals surface area contributed by atoms with Crippen molar-refractivity contribution in [3.63, 3.8) is 0 Å². The number of fused-ring (bicyclic) bond motifs is 1. The third kappa shape index (κ3) is 1.41. The highest BCUT2D eigenvalue weighted by Gasteiger charge is 2.04. The Kier molecular flexibility index (Phi) is 1.98. The smallest absolute Gasteiger partial charge is 0.141 e. The molecule has 4 heteroatoms. The average molecular weight is 196 g/mol. The van der Waals surface area contributed by atoms with Gasteiger partial charge in [-0.25, -0.2) is 4.98 Å². The van der Waals surface area contributed by atoms with Gasteiger partial charge in [-0.3, -0.25) is 0 Å². The molecular formula is C9H10ClN3. The van der Waals surface area contributed by atoms with Gasteiger partial charge in [0.05, 0.1) is 11.2 Å². The molecule has 68 valence electrons. The van der Waals surface area contributed by atoms with Crippen LogP contribution in [0.5, 0.6) is 0 Å². The third-order valence-electron chi connectivity index (χ3n) is 1.96. The SMILES string of the molecule is CC(N)n1ccc2cc(Cl)cnc21. The molecule has 2 rings (SSSR count). The molecule has 0 bridgehead atoms. The standard InChI is InChI=1S/C9H10ClN3/c1-6(11)13-3-2-7-4-8(10)5-12-9(7)13/h2-6H,11H2,1H3. The van der Waals surface area contributed by atoms with E-state index in [9.17, 15) is 0 Å². The molecule has 0 aliphatic heterocycles. The zero-order chi connectivity index (χ0) is 9.42. The molecule has 2 N–H and O–H groups in total. The van der Waals surface area contributed by atoms with E-state index in [1.54, 1.807) is 6.20 Å². The highest BCUT2D eigenvalue weighted by Crippen LogP contribution is 2.19. The fourth-order valence-corrected chi connectivity index (χ4v) is 1.51. The van der Waals surface area contributed by atoms with Gasteiger partial charge in [-0.1, -0.05) is 11.6 Å². The van der Waals surface area contributed by atoms with Gasteiger partial charge in [0, 0.05) is 17.8 Å². The number of nitrogens with zero attached hydrogens (tertiary/aromatic N) is 2. The fraction of sp³-hybridized carbons (Fsp3) is 0.222. The summed E-state index contributed by atoms with van der Waals surface area (Å²) in [5.74, 6) is 0. The van der Waals surface area contributed by atoms with Crippen LogP contribution in [0.15, 0.2) is 24.5 Å². The zero-order valence-electron chi connectivity index (χ0n) is 7.24. The number of aromatic nitrogens is 2. The molecule has 1 unspecified atom stereocenters. The molecule has 0 amide bonds. The highest BCUT2D eigenvalue weighted by atomic mass is 35.5. The second-order valence-electron chi connectivity index (χ2n) is 3.03. The number of pyridine rings is 1. The van der Waals surface area contributed by atoms with Crippen molar-refractivity contribution in [2.24, 2.45) is 5.73 Å². The largest absolute Gasteiger partial charge is 0.317 e. The quantitative estimate of drug-likeness (QED) is 0.758. The summed E-state index contributed by atoms with van der Waals surface area (Å²) in [6.07, 6.45) is 3.48. The van der Waals surface area contributed by atoms with E-state index in [-0.39, 0.29) is 6.17 Å². The Balaban J connectivity index is 2.69. The van der Waals surface area contributed by atoms with E-state index < -0.39 is 0 Å². The van der Waals surface area contributed by atoms with Crippen molar-refractivity contribution in [3.05, 3.63) is 29.5 Å². The molecule has 0 saturated carbocycles. The van der Waals surface area contributed by atoms with Crippen LogP contribution in [-0.2, 0) is 0 Å². The van der Waals surface area contributed by atoms with Gasteiger partial charge < -0.3 is 10.3 Å². The zero-order valence-corrected chi connectivity index (χ0v) is 7.99. The maximum atomic E-state index is 5.80. The number of hydrogen-bond donors (Lipinski definition) is 1. The van der Waals surface area contributed by atoms with Crippen molar-refractivity contribution in [1.82, 2.24) is 9.55 Å². The first-order valence-electron chi connectivity index (χ1n) is 4.06. The number of hydrogen-bond acceptors (Lipinski definition) is 2. The molecule has 2 heterocycles. The summed E-state index contributed by atoms with van der Waals surface area (Å²) >= 11 is 5.80. The van der Waals surface area contributed by atoms with Gasteiger partial charge in [-0.15, -0.1) is 0 Å². The minimum atomic E-state index is -0.0637. The molecule has 1 atom stereocenters. The molecular weight excluding hydrogens is 186 g/mol. The predicted molar refractivity (Wildman–Crippen MR) is 53.6 cm³/mol. The summed E-state index contributed by atoms with van der Waals surface area (Å²) < 4.78 is 1.91. The Bertz CT molecular complexity index is 433. The Hall–Kier alpha value is -1.06. The van der Waals surface area contributed by atoms with Gasteiger partial charge in [0.25, 0.3) is 0 Å². The summed E-state index contributed by atoms with van der Waals surface area (Å²) in [7, 11) is 0. The minimum absolute atomic E-state index is 0.0637. The Morgan fingerprint density at radius 2 is 2.38 bits per heavy atom. The number of nitrogens with two attached hydrogens (primary N) is 1. The molecule has 0 saturated heterocycles. The lowest BCUT2D eigenvalue weighted by molar-refractivity contribution is 0.588. The molecule has 13 heavy (non-hydrogen) atoms. The molecule has 0 radical (unpaired) electrons. The van der Waals surface area contributed by atoms with Crippen molar-refractivity contribution in [2.45, 2.75) is 13.1 Å². The van der Waals surface area contributed by atoms with Crippen molar-refractivity contribution in [3.8, 4) is 0 Å². The van der Waals surface area contributed by atoms with Gasteiger partial charge in [0.2, 0.25) is 0 Å². The van der Waals surface area contributed by atoms with Crippen molar-refractivity contribution < 1.29 is 0 Å². The van der Waals surface area contributed by atoms with Crippen LogP contribution in [-0.4, -0.2) is 9.55 Å². The van der Waals surface area contributed by atoms with Crippen LogP contribution >= 0.6 is 11.6 Å². The van der Waals surface area contributed by atoms with Crippen LogP contribution in [0.2, 0.25) is 5.02 Å². The van der Waals surface area contributed by atoms with E-state index in [0.717, 1.165) is 11.0 Å². The monoisotopic (exact) mass is 195 g/mol. The Morgan fingerprint density at radius 3 is 3.08 bits per heavy atom. The van der Waals surface area contributed by atoms with Crippen LogP contribution in [0.4, 0.5) is 0 Å². The number of halogens is 1. The second-order valence-corrected chi connectivity index (χ2v) is 3.47. The Labute approximate surface area is 81.1 Å². The van der Waals surface area contributed by atoms with E-state index >= 15 is 0 Å². The molecule has 0 fully saturated rings. The van der Waals surface area contributed by atoms with Crippen molar-refractivity contribution >= 4 is 22.6 Å². The van der Waals surface area contributed by atoms with E-state index in [2.05, 4.69) is 4.98 Å². The summed E-state index contributed by atoms with van der Waals surface area (Å²) in [5, 5.41) is 1.67. The van der Waals surface area contributed by atoms with E-state index in [0.29, 0.717) is 5.02 Å². The van der Waals surface area contributed by atoms with E-state index in [1.807, 2.05) is 29.8 Å². The molecule has 0 aliphatic rings. The van der Waals surface area contributed by atoms with E-state index in [1.165, 1.54) is 0 Å². The summed E-state index contributed by atoms with van der Waals surface area (Å²) in [4.78, 5) is 4.21. The fourth-order valence-electron chi connectivity index (χ4n) is 1.35. The molecule has 2 aromatic rings. The van der Waals surface area contributed by atoms with Gasteiger partial charge in [0.15, 0.2) is 0 Å². The normalized spacial score (nSPS) is 13.5. The first kappa shape index (κ1) is 8.53. The number of rotatable bonds is 1. The highest BCUT2D eigenvalue weighted by molar-refractivity contribution is 6.31. The Morgan fingerprint density at radius 1 is 1.62 bits per heavy atom. The van der Waals surface area contributed by atoms with Crippen molar-refractivity contribution in [2.75, 3.05) is 0 Å². The van der Waals surface area contributed by atoms with Gasteiger partial charge in [-0.2, -0.15) is 0 Å². The summed E-state index contributed by atoms with van der Waals surface area (Å²) in [6, 6.07) is 3.83. The summed E-state index contributed by atoms with van der Waals surface area (Å²) in [5.41, 5.74) is 6.63. The topological polar surface area (TPSA) is 43.8 Å². The predicted octanol–water partition coefficient (Wildman–Crippen LogP) is 2.17. The first-order valence-corrected chi connectivity index (χ1v) is 4.44. The first-order chi connectivity index (χ1) is 6.18. The lowest BCUT2D eigenvalue weighted by atomic mass is 10.3. The average Bonchev–Trinajstić information content (AvgIpc) is 2.46. The summed E-state index contributed by atoms with van der Waals surface area (Å²) in [6.45, 7) is 1.91. The third-order valence-corrected chi connectivity index (χ3v) is 2.17. The van der Waals surface area contributed by atoms with Crippen LogP contribution in [0, 0.1) is 0 Å². The van der Waals surface area contributed by atoms with Crippen LogP contribution in [0.25, 0.3) is 11.0 Å². The van der Waals surface area contributed by atoms with Crippen LogP contribution < -0.4 is 5.73 Å². The molecule has 3 nitrogen and oxygen atoms in total. The molecule has 0 aromatic carbocycles. The van der Waals surface area contributed by atoms with Crippen molar-refractivity contribution in [1.29, 1.82) is 0 Å². The van der Waals surface area contributed by atoms with Gasteiger partial charge in [-0.05, 0) is 19.1 Å². The molecule has 0 aliphatic carbocycles. The van der Waals surface area contributed by atoms with Gasteiger partial charge >= 0.3 is 0 Å². The lowest BCUT2D eigenvalue weighted by Crippen LogP contribution is -2.13. The lowest BCUT2D eigenvalue weighted by Gasteiger charge is -2.07. The van der Waals surface area contributed by atoms with Crippen LogP contribution in [0.1, 0.15) is 13.1 Å². The second kappa shape index (κ2) is 3.01. The van der Waals surface area contributed by atoms with Crippen LogP contribution in [0.3, 0.4) is 0 Å². The van der Waals surface area contributed by atoms with E-state index in [4.69, 9.17) is 17.3 Å². The maximum Gasteiger partial charge on any atom is 0.141 e. The molecule has 2 aromatic heterocycles. The maximum absolute atomic E-state index is 5.80.